The van der Waals surface area contributed by atoms with E-state index in [1.54, 1.807) is 37.4 Å². The first-order valence-corrected chi connectivity index (χ1v) is 7.85. The van der Waals surface area contributed by atoms with Crippen molar-refractivity contribution in [3.05, 3.63) is 59.4 Å². The van der Waals surface area contributed by atoms with Crippen LogP contribution in [0.5, 0.6) is 0 Å². The molecule has 0 spiro atoms. The van der Waals surface area contributed by atoms with Crippen LogP contribution in [0.15, 0.2) is 48.8 Å². The second-order valence-corrected chi connectivity index (χ2v) is 5.83. The summed E-state index contributed by atoms with van der Waals surface area (Å²) in [6.45, 7) is 1.60. The predicted molar refractivity (Wildman–Crippen MR) is 93.6 cm³/mol. The van der Waals surface area contributed by atoms with Crippen LogP contribution in [0.1, 0.15) is 12.5 Å². The number of nitrogens with two attached hydrogens (primary N) is 1. The van der Waals surface area contributed by atoms with Crippen LogP contribution in [0.4, 0.5) is 5.69 Å². The number of benzene rings is 1. The fourth-order valence-corrected chi connectivity index (χ4v) is 2.17. The van der Waals surface area contributed by atoms with Crippen molar-refractivity contribution in [3.8, 4) is 0 Å². The Labute approximate surface area is 145 Å². The van der Waals surface area contributed by atoms with Crippen LogP contribution in [0.25, 0.3) is 0 Å². The van der Waals surface area contributed by atoms with Crippen molar-refractivity contribution in [3.63, 3.8) is 0 Å². The van der Waals surface area contributed by atoms with Gasteiger partial charge in [0.1, 0.15) is 6.04 Å². The third-order valence-electron chi connectivity index (χ3n) is 3.39. The zero-order chi connectivity index (χ0) is 17.5. The molecule has 0 bridgehead atoms. The molecule has 6 nitrogen and oxygen atoms in total. The van der Waals surface area contributed by atoms with Crippen molar-refractivity contribution in [2.75, 3.05) is 5.32 Å². The molecule has 2 rings (SSSR count). The summed E-state index contributed by atoms with van der Waals surface area (Å²) < 4.78 is 0. The lowest BCUT2D eigenvalue weighted by Gasteiger charge is -2.17. The van der Waals surface area contributed by atoms with Gasteiger partial charge >= 0.3 is 0 Å². The van der Waals surface area contributed by atoms with Crippen molar-refractivity contribution in [1.82, 2.24) is 10.3 Å². The topological polar surface area (TPSA) is 97.1 Å². The van der Waals surface area contributed by atoms with Crippen molar-refractivity contribution < 1.29 is 9.59 Å². The van der Waals surface area contributed by atoms with Gasteiger partial charge in [0.15, 0.2) is 0 Å². The van der Waals surface area contributed by atoms with E-state index in [1.807, 2.05) is 12.1 Å². The second kappa shape index (κ2) is 8.42. The van der Waals surface area contributed by atoms with E-state index in [9.17, 15) is 9.59 Å². The maximum absolute atomic E-state index is 12.1. The summed E-state index contributed by atoms with van der Waals surface area (Å²) in [5, 5.41) is 5.90. The highest BCUT2D eigenvalue weighted by Gasteiger charge is 2.20. The average molecular weight is 347 g/mol. The second-order valence-electron chi connectivity index (χ2n) is 5.40. The zero-order valence-corrected chi connectivity index (χ0v) is 14.0. The predicted octanol–water partition coefficient (Wildman–Crippen LogP) is 1.75. The van der Waals surface area contributed by atoms with Gasteiger partial charge in [-0.1, -0.05) is 23.7 Å². The molecule has 1 aromatic heterocycles. The number of amides is 2. The Balaban J connectivity index is 1.85. The molecule has 0 radical (unpaired) electrons. The third-order valence-corrected chi connectivity index (χ3v) is 3.64. The van der Waals surface area contributed by atoms with Gasteiger partial charge < -0.3 is 16.4 Å². The Hall–Kier alpha value is -2.44. The molecular weight excluding hydrogens is 328 g/mol. The highest BCUT2D eigenvalue weighted by atomic mass is 35.5. The minimum atomic E-state index is -0.750. The van der Waals surface area contributed by atoms with Crippen LogP contribution < -0.4 is 16.4 Å². The molecule has 4 N–H and O–H groups in total. The number of carbonyl (C=O) groups is 2. The van der Waals surface area contributed by atoms with Crippen molar-refractivity contribution >= 4 is 29.1 Å². The largest absolute Gasteiger partial charge is 0.343 e. The minimum Gasteiger partial charge on any atom is -0.343 e. The monoisotopic (exact) mass is 346 g/mol. The summed E-state index contributed by atoms with van der Waals surface area (Å²) in [7, 11) is 0. The number of aromatic nitrogens is 1. The first-order valence-electron chi connectivity index (χ1n) is 7.47. The molecule has 0 saturated carbocycles. The van der Waals surface area contributed by atoms with Gasteiger partial charge in [-0.15, -0.1) is 0 Å². The van der Waals surface area contributed by atoms with E-state index in [0.717, 1.165) is 5.56 Å². The number of anilines is 1. The molecule has 2 aromatic rings. The molecular formula is C17H19ClN4O2. The van der Waals surface area contributed by atoms with Crippen molar-refractivity contribution in [2.45, 2.75) is 25.4 Å². The van der Waals surface area contributed by atoms with E-state index in [2.05, 4.69) is 15.6 Å². The maximum atomic E-state index is 12.1. The first-order chi connectivity index (χ1) is 11.5. The molecule has 126 valence electrons. The summed E-state index contributed by atoms with van der Waals surface area (Å²) in [6.07, 6.45) is 3.50. The zero-order valence-electron chi connectivity index (χ0n) is 13.2. The van der Waals surface area contributed by atoms with E-state index in [0.29, 0.717) is 17.1 Å². The SMILES string of the molecule is C[C@H](NC(=O)[C@@H](N)Cc1ccc(Cl)cc1)C(=O)Nc1cccnc1. The summed E-state index contributed by atoms with van der Waals surface area (Å²) in [5.41, 5.74) is 7.36. The average Bonchev–Trinajstić information content (AvgIpc) is 2.57. The van der Waals surface area contributed by atoms with E-state index < -0.39 is 18.0 Å². The van der Waals surface area contributed by atoms with Crippen LogP contribution in [0.3, 0.4) is 0 Å². The normalized spacial score (nSPS) is 13.0. The Kier molecular flexibility index (Phi) is 6.28. The van der Waals surface area contributed by atoms with Crippen molar-refractivity contribution in [1.29, 1.82) is 0 Å². The summed E-state index contributed by atoms with van der Waals surface area (Å²) in [4.78, 5) is 28.1. The maximum Gasteiger partial charge on any atom is 0.246 e. The number of nitrogens with zero attached hydrogens (tertiary/aromatic N) is 1. The first kappa shape index (κ1) is 17.9. The van der Waals surface area contributed by atoms with Gasteiger partial charge in [-0.2, -0.15) is 0 Å². The number of carbonyl (C=O) groups excluding carboxylic acids is 2. The molecule has 0 fully saturated rings. The highest BCUT2D eigenvalue weighted by Crippen LogP contribution is 2.11. The number of hydrogen-bond donors (Lipinski definition) is 3. The lowest BCUT2D eigenvalue weighted by atomic mass is 10.1. The summed E-state index contributed by atoms with van der Waals surface area (Å²) in [6, 6.07) is 9.07. The molecule has 0 saturated heterocycles. The molecule has 0 unspecified atom stereocenters. The molecule has 1 aromatic carbocycles. The van der Waals surface area contributed by atoms with Gasteiger partial charge in [0, 0.05) is 11.2 Å². The number of rotatable bonds is 6. The fourth-order valence-electron chi connectivity index (χ4n) is 2.04. The molecule has 0 aliphatic heterocycles. The molecule has 24 heavy (non-hydrogen) atoms. The van der Waals surface area contributed by atoms with E-state index >= 15 is 0 Å². The van der Waals surface area contributed by atoms with E-state index in [1.165, 1.54) is 6.20 Å². The molecule has 2 atom stereocenters. The number of halogens is 1. The Morgan fingerprint density at radius 2 is 1.92 bits per heavy atom. The number of hydrogen-bond acceptors (Lipinski definition) is 4. The van der Waals surface area contributed by atoms with Gasteiger partial charge in [0.25, 0.3) is 0 Å². The Bertz CT molecular complexity index is 691. The Morgan fingerprint density at radius 3 is 2.54 bits per heavy atom. The summed E-state index contributed by atoms with van der Waals surface area (Å²) >= 11 is 5.82. The molecule has 7 heteroatoms. The van der Waals surface area contributed by atoms with Gasteiger partial charge in [-0.05, 0) is 43.2 Å². The lowest BCUT2D eigenvalue weighted by Crippen LogP contribution is -2.49. The van der Waals surface area contributed by atoms with Crippen molar-refractivity contribution in [2.24, 2.45) is 5.73 Å². The lowest BCUT2D eigenvalue weighted by molar-refractivity contribution is -0.127. The molecule has 1 heterocycles. The van der Waals surface area contributed by atoms with E-state index in [4.69, 9.17) is 17.3 Å². The highest BCUT2D eigenvalue weighted by molar-refractivity contribution is 6.30. The Morgan fingerprint density at radius 1 is 1.21 bits per heavy atom. The van der Waals surface area contributed by atoms with E-state index in [-0.39, 0.29) is 5.91 Å². The number of nitrogens with one attached hydrogen (secondary N) is 2. The molecule has 0 aliphatic rings. The van der Waals surface area contributed by atoms with Gasteiger partial charge in [0.05, 0.1) is 17.9 Å². The van der Waals surface area contributed by atoms with Gasteiger partial charge in [-0.25, -0.2) is 0 Å². The number of pyridine rings is 1. The van der Waals surface area contributed by atoms with Crippen LogP contribution in [-0.2, 0) is 16.0 Å². The standard InChI is InChI=1S/C17H19ClN4O2/c1-11(16(23)22-14-3-2-8-20-10-14)21-17(24)15(19)9-12-4-6-13(18)7-5-12/h2-8,10-11,15H,9,19H2,1H3,(H,21,24)(H,22,23)/t11-,15-/m0/s1. The van der Waals surface area contributed by atoms with Crippen LogP contribution >= 0.6 is 11.6 Å². The van der Waals surface area contributed by atoms with Crippen LogP contribution in [-0.4, -0.2) is 28.9 Å². The third kappa shape index (κ3) is 5.33. The smallest absolute Gasteiger partial charge is 0.246 e. The van der Waals surface area contributed by atoms with Gasteiger partial charge in [0.2, 0.25) is 11.8 Å². The van der Waals surface area contributed by atoms with Crippen LogP contribution in [0.2, 0.25) is 5.02 Å². The fraction of sp³-hybridized carbons (Fsp3) is 0.235. The quantitative estimate of drug-likeness (QED) is 0.742. The van der Waals surface area contributed by atoms with Crippen LogP contribution in [0, 0.1) is 0 Å². The molecule has 0 aliphatic carbocycles. The minimum absolute atomic E-state index is 0.338. The summed E-state index contributed by atoms with van der Waals surface area (Å²) in [5.74, 6) is -0.728. The van der Waals surface area contributed by atoms with Gasteiger partial charge in [-0.3, -0.25) is 14.6 Å². The molecule has 2 amide bonds.